The molecule has 0 fully saturated rings. The number of nitrogens with one attached hydrogen (secondary N) is 2. The average Bonchev–Trinajstić information content (AvgIpc) is 3.16. The summed E-state index contributed by atoms with van der Waals surface area (Å²) in [6.45, 7) is 4.09. The van der Waals surface area contributed by atoms with Crippen molar-refractivity contribution >= 4 is 38.9 Å². The van der Waals surface area contributed by atoms with Gasteiger partial charge in [-0.2, -0.15) is 16.4 Å². The van der Waals surface area contributed by atoms with Crippen LogP contribution in [-0.2, 0) is 0 Å². The molecule has 2 heterocycles. The maximum absolute atomic E-state index is 12.4. The Balaban J connectivity index is 1.82. The van der Waals surface area contributed by atoms with E-state index in [4.69, 9.17) is 0 Å². The fourth-order valence-electron chi connectivity index (χ4n) is 2.27. The van der Waals surface area contributed by atoms with Crippen LogP contribution in [0.15, 0.2) is 45.6 Å². The third kappa shape index (κ3) is 3.38. The SMILES string of the molecule is CC(C)c1[nH]nc(C(=O)Nc2cccc(-c3ccsc3)c2)c1Br. The molecule has 2 N–H and O–H groups in total. The highest BCUT2D eigenvalue weighted by Gasteiger charge is 2.19. The molecule has 3 aromatic rings. The zero-order chi connectivity index (χ0) is 16.4. The van der Waals surface area contributed by atoms with Crippen molar-refractivity contribution in [3.8, 4) is 11.1 Å². The zero-order valence-corrected chi connectivity index (χ0v) is 15.2. The summed E-state index contributed by atoms with van der Waals surface area (Å²) in [7, 11) is 0. The Morgan fingerprint density at radius 2 is 2.13 bits per heavy atom. The van der Waals surface area contributed by atoms with Gasteiger partial charge in [0, 0.05) is 5.69 Å². The fourth-order valence-corrected chi connectivity index (χ4v) is 3.75. The minimum Gasteiger partial charge on any atom is -0.321 e. The van der Waals surface area contributed by atoms with Crippen molar-refractivity contribution in [3.05, 3.63) is 57.0 Å². The van der Waals surface area contributed by atoms with Crippen LogP contribution in [0.3, 0.4) is 0 Å². The molecule has 4 nitrogen and oxygen atoms in total. The molecule has 0 saturated heterocycles. The second-order valence-electron chi connectivity index (χ2n) is 5.50. The van der Waals surface area contributed by atoms with Crippen LogP contribution in [0, 0.1) is 0 Å². The van der Waals surface area contributed by atoms with Gasteiger partial charge in [0.05, 0.1) is 10.2 Å². The molecule has 0 aliphatic carbocycles. The number of rotatable bonds is 4. The number of anilines is 1. The first-order chi connectivity index (χ1) is 11.1. The Kier molecular flexibility index (Phi) is 4.63. The third-order valence-electron chi connectivity index (χ3n) is 3.50. The molecule has 1 amide bonds. The summed E-state index contributed by atoms with van der Waals surface area (Å²) >= 11 is 5.11. The van der Waals surface area contributed by atoms with Gasteiger partial charge in [-0.25, -0.2) is 0 Å². The lowest BCUT2D eigenvalue weighted by atomic mass is 10.1. The van der Waals surface area contributed by atoms with Crippen LogP contribution < -0.4 is 5.32 Å². The number of aromatic nitrogens is 2. The first-order valence-corrected chi connectivity index (χ1v) is 8.97. The predicted molar refractivity (Wildman–Crippen MR) is 98.1 cm³/mol. The van der Waals surface area contributed by atoms with E-state index in [0.29, 0.717) is 5.69 Å². The number of nitrogens with zero attached hydrogens (tertiary/aromatic N) is 1. The standard InChI is InChI=1S/C17H16BrN3OS/c1-10(2)15-14(18)16(21-20-15)17(22)19-13-5-3-4-11(8-13)12-6-7-23-9-12/h3-10H,1-2H3,(H,19,22)(H,20,21). The summed E-state index contributed by atoms with van der Waals surface area (Å²) in [6, 6.07) is 9.85. The van der Waals surface area contributed by atoms with Gasteiger partial charge in [-0.1, -0.05) is 26.0 Å². The highest BCUT2D eigenvalue weighted by molar-refractivity contribution is 9.10. The van der Waals surface area contributed by atoms with E-state index in [1.54, 1.807) is 11.3 Å². The molecule has 0 unspecified atom stereocenters. The number of amides is 1. The first kappa shape index (κ1) is 16.0. The lowest BCUT2D eigenvalue weighted by Gasteiger charge is -2.06. The number of H-pyrrole nitrogens is 1. The van der Waals surface area contributed by atoms with Crippen LogP contribution in [0.25, 0.3) is 11.1 Å². The lowest BCUT2D eigenvalue weighted by molar-refractivity contribution is 0.102. The molecule has 0 atom stereocenters. The van der Waals surface area contributed by atoms with E-state index < -0.39 is 0 Å². The Labute approximate surface area is 147 Å². The highest BCUT2D eigenvalue weighted by Crippen LogP contribution is 2.27. The molecule has 118 valence electrons. The maximum Gasteiger partial charge on any atom is 0.277 e. The van der Waals surface area contributed by atoms with Crippen molar-refractivity contribution in [2.75, 3.05) is 5.32 Å². The molecule has 3 rings (SSSR count). The lowest BCUT2D eigenvalue weighted by Crippen LogP contribution is -2.13. The Bertz CT molecular complexity index is 824. The van der Waals surface area contributed by atoms with Crippen LogP contribution in [0.5, 0.6) is 0 Å². The summed E-state index contributed by atoms with van der Waals surface area (Å²) < 4.78 is 0.721. The molecule has 1 aromatic carbocycles. The first-order valence-electron chi connectivity index (χ1n) is 7.24. The smallest absolute Gasteiger partial charge is 0.277 e. The highest BCUT2D eigenvalue weighted by atomic mass is 79.9. The van der Waals surface area contributed by atoms with E-state index in [2.05, 4.69) is 42.9 Å². The number of carbonyl (C=O) groups excluding carboxylic acids is 1. The van der Waals surface area contributed by atoms with Crippen LogP contribution in [-0.4, -0.2) is 16.1 Å². The van der Waals surface area contributed by atoms with E-state index >= 15 is 0 Å². The second kappa shape index (κ2) is 6.68. The molecule has 0 saturated carbocycles. The van der Waals surface area contributed by atoms with Gasteiger partial charge in [0.25, 0.3) is 5.91 Å². The molecule has 6 heteroatoms. The average molecular weight is 390 g/mol. The summed E-state index contributed by atoms with van der Waals surface area (Å²) in [5, 5.41) is 14.1. The zero-order valence-electron chi connectivity index (χ0n) is 12.8. The summed E-state index contributed by atoms with van der Waals surface area (Å²) in [4.78, 5) is 12.4. The van der Waals surface area contributed by atoms with Crippen LogP contribution in [0.4, 0.5) is 5.69 Å². The minimum atomic E-state index is -0.234. The van der Waals surface area contributed by atoms with Crippen molar-refractivity contribution in [1.82, 2.24) is 10.2 Å². The molecule has 0 bridgehead atoms. The van der Waals surface area contributed by atoms with E-state index in [1.807, 2.05) is 43.5 Å². The molecule has 2 aromatic heterocycles. The van der Waals surface area contributed by atoms with Gasteiger partial charge in [0.15, 0.2) is 5.69 Å². The van der Waals surface area contributed by atoms with Gasteiger partial charge in [-0.15, -0.1) is 0 Å². The number of carbonyl (C=O) groups is 1. The third-order valence-corrected chi connectivity index (χ3v) is 4.99. The number of thiophene rings is 1. The predicted octanol–water partition coefficient (Wildman–Crippen LogP) is 5.28. The molecule has 0 aliphatic rings. The Morgan fingerprint density at radius 3 is 2.78 bits per heavy atom. The topological polar surface area (TPSA) is 57.8 Å². The monoisotopic (exact) mass is 389 g/mol. The maximum atomic E-state index is 12.4. The van der Waals surface area contributed by atoms with Crippen molar-refractivity contribution in [3.63, 3.8) is 0 Å². The largest absolute Gasteiger partial charge is 0.321 e. The normalized spacial score (nSPS) is 11.0. The number of hydrogen-bond acceptors (Lipinski definition) is 3. The Morgan fingerprint density at radius 1 is 1.30 bits per heavy atom. The summed E-state index contributed by atoms with van der Waals surface area (Å²) in [5.41, 5.74) is 4.26. The number of halogens is 1. The van der Waals surface area contributed by atoms with Crippen molar-refractivity contribution < 1.29 is 4.79 Å². The second-order valence-corrected chi connectivity index (χ2v) is 7.07. The van der Waals surface area contributed by atoms with Crippen LogP contribution in [0.2, 0.25) is 0 Å². The van der Waals surface area contributed by atoms with Crippen LogP contribution in [0.1, 0.15) is 35.9 Å². The minimum absolute atomic E-state index is 0.234. The summed E-state index contributed by atoms with van der Waals surface area (Å²) in [5.74, 6) is 0.0304. The molecule has 0 aliphatic heterocycles. The Hall–Kier alpha value is -1.92. The van der Waals surface area contributed by atoms with Crippen molar-refractivity contribution in [2.24, 2.45) is 0 Å². The molecule has 23 heavy (non-hydrogen) atoms. The molecule has 0 spiro atoms. The van der Waals surface area contributed by atoms with E-state index in [9.17, 15) is 4.79 Å². The molecular formula is C17H16BrN3OS. The fraction of sp³-hybridized carbons (Fsp3) is 0.176. The van der Waals surface area contributed by atoms with E-state index in [1.165, 1.54) is 0 Å². The van der Waals surface area contributed by atoms with E-state index in [-0.39, 0.29) is 11.8 Å². The van der Waals surface area contributed by atoms with E-state index in [0.717, 1.165) is 27.0 Å². The van der Waals surface area contributed by atoms with Crippen LogP contribution >= 0.6 is 27.3 Å². The van der Waals surface area contributed by atoms with Gasteiger partial charge in [0.1, 0.15) is 0 Å². The number of hydrogen-bond donors (Lipinski definition) is 2. The van der Waals surface area contributed by atoms with Gasteiger partial charge in [-0.05, 0) is 61.9 Å². The molecular weight excluding hydrogens is 374 g/mol. The van der Waals surface area contributed by atoms with Gasteiger partial charge >= 0.3 is 0 Å². The van der Waals surface area contributed by atoms with Gasteiger partial charge in [0.2, 0.25) is 0 Å². The van der Waals surface area contributed by atoms with Crippen molar-refractivity contribution in [2.45, 2.75) is 19.8 Å². The van der Waals surface area contributed by atoms with Gasteiger partial charge < -0.3 is 5.32 Å². The molecule has 0 radical (unpaired) electrons. The number of aromatic amines is 1. The van der Waals surface area contributed by atoms with Crippen molar-refractivity contribution in [1.29, 1.82) is 0 Å². The van der Waals surface area contributed by atoms with Gasteiger partial charge in [-0.3, -0.25) is 9.89 Å². The summed E-state index contributed by atoms with van der Waals surface area (Å²) in [6.07, 6.45) is 0. The number of benzene rings is 1. The quantitative estimate of drug-likeness (QED) is 0.637.